The first-order chi connectivity index (χ1) is 20.8. The second kappa shape index (κ2) is 10.2. The van der Waals surface area contributed by atoms with Crippen molar-refractivity contribution in [3.8, 4) is 22.3 Å². The Hall–Kier alpha value is -4.92. The average molecular weight is 601 g/mol. The molecule has 1 nitrogen and oxygen atoms in total. The minimum Gasteiger partial charge on any atom is -0.310 e. The van der Waals surface area contributed by atoms with Crippen LogP contribution in [0.1, 0.15) is 0 Å². The van der Waals surface area contributed by atoms with E-state index < -0.39 is 0 Å². The first-order valence-corrected chi connectivity index (χ1v) is 15.0. The van der Waals surface area contributed by atoms with E-state index in [9.17, 15) is 0 Å². The van der Waals surface area contributed by atoms with E-state index in [1.54, 1.807) is 0 Å². The van der Waals surface area contributed by atoms with E-state index in [4.69, 9.17) is 0 Å². The molecule has 0 bridgehead atoms. The third-order valence-electron chi connectivity index (χ3n) is 8.27. The van der Waals surface area contributed by atoms with Gasteiger partial charge in [0.1, 0.15) is 0 Å². The molecule has 0 aliphatic rings. The average Bonchev–Trinajstić information content (AvgIpc) is 3.06. The maximum atomic E-state index is 3.83. The molecule has 0 aromatic heterocycles. The number of hydrogen-bond donors (Lipinski definition) is 0. The van der Waals surface area contributed by atoms with E-state index in [1.165, 1.54) is 60.3 Å². The lowest BCUT2D eigenvalue weighted by Crippen LogP contribution is -2.10. The van der Waals surface area contributed by atoms with Crippen molar-refractivity contribution in [2.75, 3.05) is 4.90 Å². The molecule has 0 radical (unpaired) electrons. The second-order valence-corrected chi connectivity index (χ2v) is 11.5. The van der Waals surface area contributed by atoms with Crippen molar-refractivity contribution < 1.29 is 0 Å². The molecule has 0 fully saturated rings. The smallest absolute Gasteiger partial charge is 0.0540 e. The first-order valence-electron chi connectivity index (χ1n) is 14.2. The third kappa shape index (κ3) is 4.07. The lowest BCUT2D eigenvalue weighted by Gasteiger charge is -2.28. The van der Waals surface area contributed by atoms with E-state index in [2.05, 4.69) is 179 Å². The molecule has 0 amide bonds. The molecule has 0 saturated carbocycles. The van der Waals surface area contributed by atoms with Crippen LogP contribution in [0, 0.1) is 0 Å². The summed E-state index contributed by atoms with van der Waals surface area (Å²) in [5.41, 5.74) is 8.32. The minimum atomic E-state index is 1.12. The standard InChI is InChI=1S/C40H26BrN/c41-37-26-30-21-25-38(36-24-20-29-12-9-17-35(37)39(29)40(30)36)42(31-13-5-2-6-14-31)32-22-18-28(19-23-32)34-16-8-7-15-33(34)27-10-3-1-4-11-27/h1-26H. The summed E-state index contributed by atoms with van der Waals surface area (Å²) < 4.78 is 1.13. The summed E-state index contributed by atoms with van der Waals surface area (Å²) in [4.78, 5) is 2.38. The van der Waals surface area contributed by atoms with Crippen LogP contribution in [-0.2, 0) is 0 Å². The summed E-state index contributed by atoms with van der Waals surface area (Å²) in [5.74, 6) is 0. The number of para-hydroxylation sites is 1. The van der Waals surface area contributed by atoms with Gasteiger partial charge in [-0.05, 0) is 85.6 Å². The number of nitrogens with zero attached hydrogens (tertiary/aromatic N) is 1. The predicted molar refractivity (Wildman–Crippen MR) is 183 cm³/mol. The van der Waals surface area contributed by atoms with Crippen molar-refractivity contribution in [2.24, 2.45) is 0 Å². The highest BCUT2D eigenvalue weighted by molar-refractivity contribution is 9.10. The molecule has 42 heavy (non-hydrogen) atoms. The van der Waals surface area contributed by atoms with Crippen LogP contribution in [0.15, 0.2) is 162 Å². The molecule has 0 aliphatic heterocycles. The monoisotopic (exact) mass is 599 g/mol. The van der Waals surface area contributed by atoms with Crippen LogP contribution >= 0.6 is 15.9 Å². The summed E-state index contributed by atoms with van der Waals surface area (Å²) in [6.45, 7) is 0. The zero-order chi connectivity index (χ0) is 28.0. The van der Waals surface area contributed by atoms with Gasteiger partial charge in [0.15, 0.2) is 0 Å². The van der Waals surface area contributed by atoms with Crippen molar-refractivity contribution in [1.29, 1.82) is 0 Å². The normalized spacial score (nSPS) is 11.5. The highest BCUT2D eigenvalue weighted by atomic mass is 79.9. The summed E-state index contributed by atoms with van der Waals surface area (Å²) >= 11 is 3.83. The number of rotatable bonds is 5. The van der Waals surface area contributed by atoms with Crippen molar-refractivity contribution in [1.82, 2.24) is 0 Å². The quantitative estimate of drug-likeness (QED) is 0.178. The maximum Gasteiger partial charge on any atom is 0.0540 e. The highest BCUT2D eigenvalue weighted by Gasteiger charge is 2.19. The van der Waals surface area contributed by atoms with Gasteiger partial charge in [-0.3, -0.25) is 0 Å². The van der Waals surface area contributed by atoms with Gasteiger partial charge in [-0.1, -0.05) is 137 Å². The van der Waals surface area contributed by atoms with Gasteiger partial charge in [-0.25, -0.2) is 0 Å². The number of benzene rings is 8. The van der Waals surface area contributed by atoms with Crippen LogP contribution in [-0.4, -0.2) is 0 Å². The molecule has 0 heterocycles. The van der Waals surface area contributed by atoms with Crippen LogP contribution in [0.25, 0.3) is 54.6 Å². The molecule has 8 aromatic rings. The van der Waals surface area contributed by atoms with Gasteiger partial charge >= 0.3 is 0 Å². The van der Waals surface area contributed by atoms with E-state index in [0.717, 1.165) is 15.8 Å². The topological polar surface area (TPSA) is 3.24 Å². The van der Waals surface area contributed by atoms with Crippen molar-refractivity contribution >= 4 is 65.3 Å². The van der Waals surface area contributed by atoms with Crippen LogP contribution in [0.2, 0.25) is 0 Å². The Labute approximate surface area is 253 Å². The molecule has 0 saturated heterocycles. The number of hydrogen-bond acceptors (Lipinski definition) is 1. The van der Waals surface area contributed by atoms with Crippen LogP contribution < -0.4 is 4.90 Å². The third-order valence-corrected chi connectivity index (χ3v) is 8.93. The van der Waals surface area contributed by atoms with E-state index in [1.807, 2.05) is 0 Å². The molecule has 8 aromatic carbocycles. The van der Waals surface area contributed by atoms with Gasteiger partial charge in [0.25, 0.3) is 0 Å². The summed E-state index contributed by atoms with van der Waals surface area (Å²) in [6.07, 6.45) is 0. The Morgan fingerprint density at radius 2 is 1.00 bits per heavy atom. The van der Waals surface area contributed by atoms with Gasteiger partial charge in [0, 0.05) is 21.2 Å². The zero-order valence-electron chi connectivity index (χ0n) is 22.8. The molecular weight excluding hydrogens is 574 g/mol. The number of halogens is 1. The largest absolute Gasteiger partial charge is 0.310 e. The molecule has 8 rings (SSSR count). The lowest BCUT2D eigenvalue weighted by atomic mass is 9.92. The van der Waals surface area contributed by atoms with Crippen LogP contribution in [0.3, 0.4) is 0 Å². The fraction of sp³-hybridized carbons (Fsp3) is 0. The Bertz CT molecular complexity index is 2180. The molecule has 0 atom stereocenters. The van der Waals surface area contributed by atoms with Gasteiger partial charge < -0.3 is 4.90 Å². The van der Waals surface area contributed by atoms with E-state index in [0.29, 0.717) is 0 Å². The molecule has 198 valence electrons. The molecular formula is C40H26BrN. The van der Waals surface area contributed by atoms with Gasteiger partial charge in [-0.2, -0.15) is 0 Å². The SMILES string of the molecule is Brc1cc2ccc(N(c3ccccc3)c3ccc(-c4ccccc4-c4ccccc4)cc3)c3ccc4cccc1c4c23. The fourth-order valence-corrected chi connectivity index (χ4v) is 6.94. The Morgan fingerprint density at radius 3 is 1.74 bits per heavy atom. The zero-order valence-corrected chi connectivity index (χ0v) is 24.4. The van der Waals surface area contributed by atoms with Crippen molar-refractivity contribution in [3.05, 3.63) is 162 Å². The molecule has 0 spiro atoms. The first kappa shape index (κ1) is 24.8. The Kier molecular flexibility index (Phi) is 6.01. The number of anilines is 3. The van der Waals surface area contributed by atoms with E-state index in [-0.39, 0.29) is 0 Å². The molecule has 0 aliphatic carbocycles. The summed E-state index contributed by atoms with van der Waals surface area (Å²) in [6, 6.07) is 56.8. The predicted octanol–water partition coefficient (Wildman–Crippen LogP) is 12.2. The lowest BCUT2D eigenvalue weighted by molar-refractivity contribution is 1.30. The van der Waals surface area contributed by atoms with Crippen molar-refractivity contribution in [2.45, 2.75) is 0 Å². The van der Waals surface area contributed by atoms with Crippen molar-refractivity contribution in [3.63, 3.8) is 0 Å². The van der Waals surface area contributed by atoms with Gasteiger partial charge in [-0.15, -0.1) is 0 Å². The summed E-state index contributed by atoms with van der Waals surface area (Å²) in [7, 11) is 0. The molecule has 0 N–H and O–H groups in total. The summed E-state index contributed by atoms with van der Waals surface area (Å²) in [5, 5.41) is 7.60. The molecule has 0 unspecified atom stereocenters. The Balaban J connectivity index is 1.31. The van der Waals surface area contributed by atoms with Crippen LogP contribution in [0.5, 0.6) is 0 Å². The molecule has 2 heteroatoms. The Morgan fingerprint density at radius 1 is 0.405 bits per heavy atom. The van der Waals surface area contributed by atoms with Crippen LogP contribution in [0.4, 0.5) is 17.1 Å². The highest BCUT2D eigenvalue weighted by Crippen LogP contribution is 2.45. The van der Waals surface area contributed by atoms with Gasteiger partial charge in [0.2, 0.25) is 0 Å². The minimum absolute atomic E-state index is 1.12. The second-order valence-electron chi connectivity index (χ2n) is 10.7. The van der Waals surface area contributed by atoms with E-state index >= 15 is 0 Å². The van der Waals surface area contributed by atoms with Gasteiger partial charge in [0.05, 0.1) is 5.69 Å². The maximum absolute atomic E-state index is 3.83. The fourth-order valence-electron chi connectivity index (χ4n) is 6.36.